The van der Waals surface area contributed by atoms with Gasteiger partial charge in [0, 0.05) is 6.42 Å². The molecule has 0 aliphatic heterocycles. The highest BCUT2D eigenvalue weighted by molar-refractivity contribution is 6.31. The Bertz CT molecular complexity index is 298. The fraction of sp³-hybridized carbons (Fsp3) is 1.00. The summed E-state index contributed by atoms with van der Waals surface area (Å²) in [5.41, 5.74) is 0. The largest absolute Gasteiger partial charge is 0.397 e. The molecule has 0 spiro atoms. The fourth-order valence-corrected chi connectivity index (χ4v) is 1.06. The number of hydrogen-bond donors (Lipinski definition) is 2. The summed E-state index contributed by atoms with van der Waals surface area (Å²) >= 11 is 0. The van der Waals surface area contributed by atoms with Crippen molar-refractivity contribution in [1.29, 1.82) is 0 Å². The maximum Gasteiger partial charge on any atom is 0.397 e. The van der Waals surface area contributed by atoms with Gasteiger partial charge < -0.3 is 19.7 Å². The van der Waals surface area contributed by atoms with Crippen LogP contribution in [0.3, 0.4) is 0 Å². The van der Waals surface area contributed by atoms with Gasteiger partial charge in [-0.25, -0.2) is 8.78 Å². The Kier molecular flexibility index (Phi) is 26.5. The van der Waals surface area contributed by atoms with E-state index in [-0.39, 0.29) is 25.8 Å². The van der Waals surface area contributed by atoms with Crippen LogP contribution in [0.15, 0.2) is 0 Å². The lowest BCUT2D eigenvalue weighted by atomic mass is 9.88. The predicted molar refractivity (Wildman–Crippen MR) is 99.5 cm³/mol. The molecule has 0 aromatic heterocycles. The van der Waals surface area contributed by atoms with Gasteiger partial charge in [-0.1, -0.05) is 27.5 Å². The van der Waals surface area contributed by atoms with Crippen molar-refractivity contribution in [2.24, 2.45) is 5.92 Å². The monoisotopic (exact) mass is 429 g/mol. The van der Waals surface area contributed by atoms with Crippen molar-refractivity contribution in [2.45, 2.75) is 84.9 Å². The van der Waals surface area contributed by atoms with Gasteiger partial charge >= 0.3 is 6.18 Å². The number of hydrogen-bond acceptors (Lipinski definition) is 4. The van der Waals surface area contributed by atoms with Crippen molar-refractivity contribution >= 4 is 7.28 Å². The van der Waals surface area contributed by atoms with Gasteiger partial charge in [0.15, 0.2) is 0 Å². The average molecular weight is 429 g/mol. The van der Waals surface area contributed by atoms with Crippen molar-refractivity contribution < 1.29 is 46.0 Å². The predicted octanol–water partition coefficient (Wildman–Crippen LogP) is 5.08. The van der Waals surface area contributed by atoms with Gasteiger partial charge in [0.2, 0.25) is 0 Å². The number of aliphatic hydroxyl groups is 2. The molecule has 173 valence electrons. The SMILES string of the molecule is CCC(C)OCO.CCC(C)OCO.CF.C[B]C.FC(F)(F)C1CC1(F)F. The minimum atomic E-state index is -4.70. The van der Waals surface area contributed by atoms with Gasteiger partial charge in [0.1, 0.15) is 26.8 Å². The van der Waals surface area contributed by atoms with E-state index >= 15 is 0 Å². The molecule has 1 aliphatic carbocycles. The van der Waals surface area contributed by atoms with Crippen LogP contribution in [0, 0.1) is 5.92 Å². The molecule has 1 aliphatic rings. The third kappa shape index (κ3) is 25.5. The van der Waals surface area contributed by atoms with Crippen molar-refractivity contribution in [3.05, 3.63) is 0 Å². The third-order valence-corrected chi connectivity index (χ3v) is 3.09. The maximum atomic E-state index is 11.6. The van der Waals surface area contributed by atoms with Crippen LogP contribution in [0.25, 0.3) is 0 Å². The summed E-state index contributed by atoms with van der Waals surface area (Å²) in [6.45, 7) is 11.6. The van der Waals surface area contributed by atoms with E-state index in [0.717, 1.165) is 12.8 Å². The Morgan fingerprint density at radius 2 is 1.21 bits per heavy atom. The van der Waals surface area contributed by atoms with Gasteiger partial charge in [-0.3, -0.25) is 4.39 Å². The second-order valence-electron chi connectivity index (χ2n) is 5.67. The quantitative estimate of drug-likeness (QED) is 0.351. The van der Waals surface area contributed by atoms with Crippen molar-refractivity contribution in [2.75, 3.05) is 20.8 Å². The van der Waals surface area contributed by atoms with Crippen LogP contribution in [-0.2, 0) is 9.47 Å². The van der Waals surface area contributed by atoms with Crippen molar-refractivity contribution in [1.82, 2.24) is 0 Å². The molecular weight excluding hydrogens is 393 g/mol. The summed E-state index contributed by atoms with van der Waals surface area (Å²) in [5, 5.41) is 16.3. The van der Waals surface area contributed by atoms with E-state index in [2.05, 4.69) is 0 Å². The van der Waals surface area contributed by atoms with Gasteiger partial charge in [-0.2, -0.15) is 13.2 Å². The molecule has 2 N–H and O–H groups in total. The molecule has 11 heteroatoms. The van der Waals surface area contributed by atoms with Crippen LogP contribution in [-0.4, -0.2) is 62.6 Å². The first kappa shape index (κ1) is 35.0. The van der Waals surface area contributed by atoms with Gasteiger partial charge in [0.25, 0.3) is 5.92 Å². The molecule has 0 bridgehead atoms. The lowest BCUT2D eigenvalue weighted by Crippen LogP contribution is -2.15. The standard InChI is InChI=1S/2C5H12O2.C4H3F5.C2H6B.CH3F/c2*1-3-5(2)7-4-6;5-3(6)1-2(3)4(7,8)9;1-3-2;1-2/h2*5-6H,3-4H2,1-2H3;2H,1H2;1-2H3;1H3. The molecule has 3 atom stereocenters. The highest BCUT2D eigenvalue weighted by atomic mass is 19.4. The molecule has 0 saturated heterocycles. The Morgan fingerprint density at radius 1 is 0.964 bits per heavy atom. The summed E-state index contributed by atoms with van der Waals surface area (Å²) in [7, 11) is 2.50. The second kappa shape index (κ2) is 21.2. The summed E-state index contributed by atoms with van der Waals surface area (Å²) < 4.78 is 75.9. The van der Waals surface area contributed by atoms with Crippen molar-refractivity contribution in [3.63, 3.8) is 0 Å². The van der Waals surface area contributed by atoms with E-state index in [9.17, 15) is 26.3 Å². The zero-order chi connectivity index (χ0) is 23.4. The Balaban J connectivity index is -0.000000140. The Morgan fingerprint density at radius 3 is 1.25 bits per heavy atom. The highest BCUT2D eigenvalue weighted by Crippen LogP contribution is 2.56. The molecule has 28 heavy (non-hydrogen) atoms. The van der Waals surface area contributed by atoms with E-state index in [1.807, 2.05) is 48.6 Å². The van der Waals surface area contributed by atoms with Crippen LogP contribution in [0.5, 0.6) is 0 Å². The maximum absolute atomic E-state index is 11.6. The summed E-state index contributed by atoms with van der Waals surface area (Å²) in [4.78, 5) is 0. The second-order valence-corrected chi connectivity index (χ2v) is 5.67. The number of ether oxygens (including phenoxy) is 2. The van der Waals surface area contributed by atoms with E-state index in [0.29, 0.717) is 7.18 Å². The first-order valence-corrected chi connectivity index (χ1v) is 8.88. The smallest absolute Gasteiger partial charge is 0.371 e. The normalized spacial score (nSPS) is 18.2. The van der Waals surface area contributed by atoms with Gasteiger partial charge in [0.05, 0.1) is 19.4 Å². The first-order valence-electron chi connectivity index (χ1n) is 8.88. The van der Waals surface area contributed by atoms with Crippen LogP contribution in [0.1, 0.15) is 47.0 Å². The average Bonchev–Trinajstić information content (AvgIpc) is 3.28. The topological polar surface area (TPSA) is 58.9 Å². The van der Waals surface area contributed by atoms with Crippen molar-refractivity contribution in [3.8, 4) is 0 Å². The van der Waals surface area contributed by atoms with Crippen LogP contribution >= 0.6 is 0 Å². The fourth-order valence-electron chi connectivity index (χ4n) is 1.06. The molecule has 3 unspecified atom stereocenters. The molecule has 1 fully saturated rings. The first-order chi connectivity index (χ1) is 12.9. The van der Waals surface area contributed by atoms with E-state index in [4.69, 9.17) is 19.7 Å². The molecule has 0 aromatic carbocycles. The number of aliphatic hydroxyl groups excluding tert-OH is 2. The molecule has 1 saturated carbocycles. The number of rotatable bonds is 6. The van der Waals surface area contributed by atoms with Crippen LogP contribution in [0.4, 0.5) is 26.3 Å². The summed E-state index contributed by atoms with van der Waals surface area (Å²) in [5.74, 6) is -5.84. The lowest BCUT2D eigenvalue weighted by Gasteiger charge is -2.04. The molecule has 4 nitrogen and oxygen atoms in total. The van der Waals surface area contributed by atoms with Crippen LogP contribution < -0.4 is 0 Å². The minimum Gasteiger partial charge on any atom is -0.371 e. The molecule has 0 amide bonds. The van der Waals surface area contributed by atoms with Gasteiger partial charge in [-0.15, -0.1) is 0 Å². The zero-order valence-electron chi connectivity index (χ0n) is 17.8. The Labute approximate surface area is 165 Å². The Hall–Kier alpha value is -0.515. The lowest BCUT2D eigenvalue weighted by molar-refractivity contribution is -0.167. The molecule has 0 heterocycles. The number of alkyl halides is 6. The van der Waals surface area contributed by atoms with E-state index < -0.39 is 24.4 Å². The minimum absolute atomic E-state index is 0.158. The summed E-state index contributed by atoms with van der Waals surface area (Å²) in [6, 6.07) is 0. The number of halogens is 6. The third-order valence-electron chi connectivity index (χ3n) is 3.09. The molecule has 0 aromatic rings. The zero-order valence-corrected chi connectivity index (χ0v) is 17.8. The van der Waals surface area contributed by atoms with E-state index in [1.54, 1.807) is 0 Å². The molecular formula is C17H36BF6O4. The molecule has 1 rings (SSSR count). The van der Waals surface area contributed by atoms with Crippen LogP contribution in [0.2, 0.25) is 13.6 Å². The molecule has 1 radical (unpaired) electrons. The highest BCUT2D eigenvalue weighted by Gasteiger charge is 2.69. The van der Waals surface area contributed by atoms with Gasteiger partial charge in [-0.05, 0) is 26.7 Å². The summed E-state index contributed by atoms with van der Waals surface area (Å²) in [6.07, 6.45) is -3.42. The van der Waals surface area contributed by atoms with E-state index in [1.165, 1.54) is 0 Å².